The Morgan fingerprint density at radius 3 is 2.55 bits per heavy atom. The van der Waals surface area contributed by atoms with E-state index in [9.17, 15) is 0 Å². The van der Waals surface area contributed by atoms with Crippen LogP contribution in [0.2, 0.25) is 0 Å². The quantitative estimate of drug-likeness (QED) is 0.541. The lowest BCUT2D eigenvalue weighted by Gasteiger charge is -2.22. The van der Waals surface area contributed by atoms with E-state index in [0.29, 0.717) is 6.04 Å². The number of hydrogen-bond acceptors (Lipinski definition) is 3. The van der Waals surface area contributed by atoms with Gasteiger partial charge in [-0.3, -0.25) is 4.99 Å². The first-order chi connectivity index (χ1) is 4.97. The fraction of sp³-hybridized carbons (Fsp3) is 0.875. The molecule has 0 aromatic carbocycles. The minimum Gasteiger partial charge on any atom is -0.352 e. The van der Waals surface area contributed by atoms with Gasteiger partial charge in [-0.1, -0.05) is 0 Å². The Morgan fingerprint density at radius 2 is 2.18 bits per heavy atom. The van der Waals surface area contributed by atoms with E-state index >= 15 is 0 Å². The van der Waals surface area contributed by atoms with Gasteiger partial charge in [0.05, 0.1) is 6.54 Å². The van der Waals surface area contributed by atoms with Gasteiger partial charge in [0.2, 0.25) is 0 Å². The fourth-order valence-electron chi connectivity index (χ4n) is 0.984. The predicted molar refractivity (Wildman–Crippen MR) is 47.8 cm³/mol. The van der Waals surface area contributed by atoms with E-state index in [-0.39, 0.29) is 5.54 Å². The van der Waals surface area contributed by atoms with Crippen LogP contribution in [0.3, 0.4) is 0 Å². The molecule has 64 valence electrons. The van der Waals surface area contributed by atoms with Crippen LogP contribution < -0.4 is 10.6 Å². The number of guanidine groups is 1. The summed E-state index contributed by atoms with van der Waals surface area (Å²) in [5.41, 5.74) is 0.107. The predicted octanol–water partition coefficient (Wildman–Crippen LogP) is 0.722. The number of nitrogens with zero attached hydrogens (tertiary/aromatic N) is 1. The van der Waals surface area contributed by atoms with Crippen LogP contribution in [0.1, 0.15) is 27.7 Å². The molecule has 0 saturated carbocycles. The Labute approximate surface area is 68.3 Å². The van der Waals surface area contributed by atoms with Crippen molar-refractivity contribution >= 4 is 5.96 Å². The summed E-state index contributed by atoms with van der Waals surface area (Å²) in [5, 5.41) is 6.54. The highest BCUT2D eigenvalue weighted by atomic mass is 15.2. The van der Waals surface area contributed by atoms with Gasteiger partial charge in [0, 0.05) is 11.6 Å². The molecule has 1 heterocycles. The minimum atomic E-state index is 0.107. The molecule has 1 rings (SSSR count). The van der Waals surface area contributed by atoms with Crippen molar-refractivity contribution < 1.29 is 0 Å². The van der Waals surface area contributed by atoms with E-state index in [4.69, 9.17) is 0 Å². The average molecular weight is 155 g/mol. The minimum absolute atomic E-state index is 0.107. The number of hydrogen-bond donors (Lipinski definition) is 2. The first kappa shape index (κ1) is 8.37. The lowest BCUT2D eigenvalue weighted by molar-refractivity contribution is 0.503. The highest BCUT2D eigenvalue weighted by molar-refractivity contribution is 5.82. The van der Waals surface area contributed by atoms with E-state index in [2.05, 4.69) is 43.3 Å². The van der Waals surface area contributed by atoms with Gasteiger partial charge in [0.1, 0.15) is 0 Å². The van der Waals surface area contributed by atoms with Crippen LogP contribution in [0.4, 0.5) is 0 Å². The molecule has 0 bridgehead atoms. The molecule has 0 radical (unpaired) electrons. The zero-order valence-electron chi connectivity index (χ0n) is 7.73. The molecule has 0 amide bonds. The summed E-state index contributed by atoms with van der Waals surface area (Å²) in [4.78, 5) is 4.30. The van der Waals surface area contributed by atoms with Crippen LogP contribution >= 0.6 is 0 Å². The summed E-state index contributed by atoms with van der Waals surface area (Å²) in [6.07, 6.45) is 0. The number of rotatable bonds is 0. The van der Waals surface area contributed by atoms with Crippen LogP contribution in [-0.4, -0.2) is 24.1 Å². The van der Waals surface area contributed by atoms with E-state index < -0.39 is 0 Å². The summed E-state index contributed by atoms with van der Waals surface area (Å²) >= 11 is 0. The molecule has 1 aliphatic rings. The van der Waals surface area contributed by atoms with E-state index in [1.165, 1.54) is 0 Å². The highest BCUT2D eigenvalue weighted by Gasteiger charge is 2.17. The topological polar surface area (TPSA) is 36.4 Å². The second-order valence-corrected chi connectivity index (χ2v) is 4.11. The van der Waals surface area contributed by atoms with Gasteiger partial charge in [0.15, 0.2) is 5.96 Å². The second-order valence-electron chi connectivity index (χ2n) is 4.11. The lowest BCUT2D eigenvalue weighted by atomic mass is 10.1. The van der Waals surface area contributed by atoms with Crippen LogP contribution in [-0.2, 0) is 0 Å². The van der Waals surface area contributed by atoms with Crippen molar-refractivity contribution in [2.75, 3.05) is 6.54 Å². The third-order valence-corrected chi connectivity index (χ3v) is 1.40. The van der Waals surface area contributed by atoms with Crippen molar-refractivity contribution in [1.29, 1.82) is 0 Å². The van der Waals surface area contributed by atoms with Crippen molar-refractivity contribution in [2.45, 2.75) is 39.3 Å². The van der Waals surface area contributed by atoms with Crippen LogP contribution in [0, 0.1) is 0 Å². The summed E-state index contributed by atoms with van der Waals surface area (Å²) in [6, 6.07) is 0.486. The molecule has 1 unspecified atom stereocenters. The second kappa shape index (κ2) is 2.72. The molecule has 0 aromatic rings. The molecule has 3 heteroatoms. The smallest absolute Gasteiger partial charge is 0.192 e. The first-order valence-corrected chi connectivity index (χ1v) is 4.06. The molecule has 1 aliphatic heterocycles. The fourth-order valence-corrected chi connectivity index (χ4v) is 0.984. The van der Waals surface area contributed by atoms with Gasteiger partial charge < -0.3 is 10.6 Å². The Morgan fingerprint density at radius 1 is 1.55 bits per heavy atom. The van der Waals surface area contributed by atoms with Gasteiger partial charge in [-0.05, 0) is 27.7 Å². The molecule has 0 saturated heterocycles. The molecule has 0 spiro atoms. The molecule has 11 heavy (non-hydrogen) atoms. The summed E-state index contributed by atoms with van der Waals surface area (Å²) < 4.78 is 0. The zero-order valence-corrected chi connectivity index (χ0v) is 7.73. The van der Waals surface area contributed by atoms with Crippen LogP contribution in [0.5, 0.6) is 0 Å². The monoisotopic (exact) mass is 155 g/mol. The van der Waals surface area contributed by atoms with Crippen LogP contribution in [0.25, 0.3) is 0 Å². The van der Waals surface area contributed by atoms with Crippen molar-refractivity contribution in [3.8, 4) is 0 Å². The van der Waals surface area contributed by atoms with E-state index in [1.807, 2.05) is 0 Å². The van der Waals surface area contributed by atoms with Gasteiger partial charge >= 0.3 is 0 Å². The largest absolute Gasteiger partial charge is 0.352 e. The van der Waals surface area contributed by atoms with Gasteiger partial charge in [-0.15, -0.1) is 0 Å². The molecular formula is C8H17N3. The third-order valence-electron chi connectivity index (χ3n) is 1.40. The Kier molecular flexibility index (Phi) is 2.07. The summed E-state index contributed by atoms with van der Waals surface area (Å²) in [5.74, 6) is 0.935. The maximum Gasteiger partial charge on any atom is 0.192 e. The normalized spacial score (nSPS) is 24.4. The summed E-state index contributed by atoms with van der Waals surface area (Å²) in [6.45, 7) is 9.39. The van der Waals surface area contributed by atoms with Gasteiger partial charge in [0.25, 0.3) is 0 Å². The van der Waals surface area contributed by atoms with Crippen LogP contribution in [0.15, 0.2) is 4.99 Å². The number of nitrogens with one attached hydrogen (secondary N) is 2. The Bertz CT molecular complexity index is 167. The Hall–Kier alpha value is -0.730. The zero-order chi connectivity index (χ0) is 8.48. The molecule has 1 atom stereocenters. The SMILES string of the molecule is CC1CN=C(NC(C)(C)C)N1. The van der Waals surface area contributed by atoms with Gasteiger partial charge in [-0.2, -0.15) is 0 Å². The van der Waals surface area contributed by atoms with Crippen molar-refractivity contribution in [2.24, 2.45) is 4.99 Å². The maximum absolute atomic E-state index is 4.30. The molecule has 0 aliphatic carbocycles. The van der Waals surface area contributed by atoms with E-state index in [0.717, 1.165) is 12.5 Å². The molecule has 3 nitrogen and oxygen atoms in total. The van der Waals surface area contributed by atoms with Gasteiger partial charge in [-0.25, -0.2) is 0 Å². The summed E-state index contributed by atoms with van der Waals surface area (Å²) in [7, 11) is 0. The molecule has 0 fully saturated rings. The van der Waals surface area contributed by atoms with E-state index in [1.54, 1.807) is 0 Å². The molecular weight excluding hydrogens is 138 g/mol. The Balaban J connectivity index is 2.40. The first-order valence-electron chi connectivity index (χ1n) is 4.06. The highest BCUT2D eigenvalue weighted by Crippen LogP contribution is 2.00. The lowest BCUT2D eigenvalue weighted by Crippen LogP contribution is -2.47. The third kappa shape index (κ3) is 2.78. The standard InChI is InChI=1S/C8H17N3/c1-6-5-9-7(10-6)11-8(2,3)4/h6H,5H2,1-4H3,(H2,9,10,11). The maximum atomic E-state index is 4.30. The molecule has 0 aromatic heterocycles. The van der Waals surface area contributed by atoms with Crippen molar-refractivity contribution in [1.82, 2.24) is 10.6 Å². The number of aliphatic imine (C=N–C) groups is 1. The van der Waals surface area contributed by atoms with Crippen molar-refractivity contribution in [3.05, 3.63) is 0 Å². The van der Waals surface area contributed by atoms with Crippen molar-refractivity contribution in [3.63, 3.8) is 0 Å². The average Bonchev–Trinajstić information content (AvgIpc) is 2.10. The molecule has 2 N–H and O–H groups in total.